The van der Waals surface area contributed by atoms with Gasteiger partial charge < -0.3 is 0 Å². The van der Waals surface area contributed by atoms with E-state index < -0.39 is 11.7 Å². The molecule has 98 valence electrons. The Morgan fingerprint density at radius 3 is 2.58 bits per heavy atom. The molecule has 2 aliphatic rings. The van der Waals surface area contributed by atoms with E-state index in [1.165, 1.54) is 6.07 Å². The van der Waals surface area contributed by atoms with Crippen molar-refractivity contribution in [2.75, 3.05) is 0 Å². The second-order valence-electron chi connectivity index (χ2n) is 4.97. The maximum atomic E-state index is 13.2. The van der Waals surface area contributed by atoms with E-state index in [1.54, 1.807) is 19.1 Å². The van der Waals surface area contributed by atoms with Crippen LogP contribution in [-0.2, 0) is 6.18 Å². The molecule has 3 rings (SSSR count). The van der Waals surface area contributed by atoms with Crippen LogP contribution in [0.25, 0.3) is 5.57 Å². The Morgan fingerprint density at radius 1 is 1.16 bits per heavy atom. The predicted octanol–water partition coefficient (Wildman–Crippen LogP) is 4.83. The summed E-state index contributed by atoms with van der Waals surface area (Å²) in [6.07, 6.45) is 0.0206. The van der Waals surface area contributed by atoms with Crippen LogP contribution in [0.15, 0.2) is 34.9 Å². The zero-order chi connectivity index (χ0) is 13.8. The predicted molar refractivity (Wildman–Crippen MR) is 69.6 cm³/mol. The van der Waals surface area contributed by atoms with Crippen molar-refractivity contribution in [1.82, 2.24) is 0 Å². The van der Waals surface area contributed by atoms with Gasteiger partial charge in [0.05, 0.1) is 17.0 Å². The van der Waals surface area contributed by atoms with Crippen molar-refractivity contribution in [1.29, 1.82) is 0 Å². The lowest BCUT2D eigenvalue weighted by Crippen LogP contribution is -2.10. The Labute approximate surface area is 109 Å². The number of allylic oxidation sites excluding steroid dienone is 4. The molecule has 1 aromatic carbocycles. The molecule has 0 atom stereocenters. The van der Waals surface area contributed by atoms with E-state index >= 15 is 0 Å². The van der Waals surface area contributed by atoms with Crippen LogP contribution in [0.4, 0.5) is 18.9 Å². The van der Waals surface area contributed by atoms with E-state index in [4.69, 9.17) is 0 Å². The van der Waals surface area contributed by atoms with E-state index in [0.717, 1.165) is 11.3 Å². The van der Waals surface area contributed by atoms with Gasteiger partial charge in [0.1, 0.15) is 0 Å². The molecule has 19 heavy (non-hydrogen) atoms. The van der Waals surface area contributed by atoms with Gasteiger partial charge in [0.2, 0.25) is 0 Å². The summed E-state index contributed by atoms with van der Waals surface area (Å²) in [7, 11) is 0. The highest BCUT2D eigenvalue weighted by Crippen LogP contribution is 2.46. The second-order valence-corrected chi connectivity index (χ2v) is 4.97. The minimum atomic E-state index is -4.35. The maximum absolute atomic E-state index is 13.2. The van der Waals surface area contributed by atoms with Crippen molar-refractivity contribution in [3.63, 3.8) is 0 Å². The zero-order valence-electron chi connectivity index (χ0n) is 10.6. The second kappa shape index (κ2) is 3.83. The minimum Gasteiger partial charge on any atom is -0.252 e. The maximum Gasteiger partial charge on any atom is 0.417 e. The molecule has 4 heteroatoms. The van der Waals surface area contributed by atoms with Crippen LogP contribution >= 0.6 is 0 Å². The molecule has 1 aromatic rings. The number of aliphatic imine (C=N–C) groups is 1. The number of hydrogen-bond donors (Lipinski definition) is 0. The lowest BCUT2D eigenvalue weighted by atomic mass is 9.90. The Bertz CT molecular complexity index is 661. The van der Waals surface area contributed by atoms with Gasteiger partial charge in [-0.3, -0.25) is 4.99 Å². The van der Waals surface area contributed by atoms with E-state index in [9.17, 15) is 13.2 Å². The molecular weight excluding hydrogens is 251 g/mol. The third-order valence-corrected chi connectivity index (χ3v) is 3.39. The fourth-order valence-corrected chi connectivity index (χ4v) is 2.57. The monoisotopic (exact) mass is 263 g/mol. The SMILES string of the molecule is CC1=CCC2=Nc3cc(C)cc(C(F)(F)F)c3C2=C1. The summed E-state index contributed by atoms with van der Waals surface area (Å²) in [6.45, 7) is 3.55. The molecule has 0 bridgehead atoms. The molecule has 1 aliphatic carbocycles. The van der Waals surface area contributed by atoms with Crippen LogP contribution in [0.5, 0.6) is 0 Å². The van der Waals surface area contributed by atoms with E-state index in [-0.39, 0.29) is 5.56 Å². The van der Waals surface area contributed by atoms with Crippen molar-refractivity contribution in [2.24, 2.45) is 4.99 Å². The summed E-state index contributed by atoms with van der Waals surface area (Å²) in [5.41, 5.74) is 3.02. The number of halogens is 3. The zero-order valence-corrected chi connectivity index (χ0v) is 10.6. The van der Waals surface area contributed by atoms with Crippen LogP contribution in [0.2, 0.25) is 0 Å². The smallest absolute Gasteiger partial charge is 0.252 e. The molecule has 0 fully saturated rings. The first-order valence-corrected chi connectivity index (χ1v) is 6.05. The van der Waals surface area contributed by atoms with Gasteiger partial charge in [-0.15, -0.1) is 0 Å². The Kier molecular flexibility index (Phi) is 2.46. The van der Waals surface area contributed by atoms with Gasteiger partial charge in [0.15, 0.2) is 0 Å². The van der Waals surface area contributed by atoms with Gasteiger partial charge in [-0.05, 0) is 37.6 Å². The number of rotatable bonds is 0. The third-order valence-electron chi connectivity index (χ3n) is 3.39. The molecule has 0 unspecified atom stereocenters. The van der Waals surface area contributed by atoms with Crippen LogP contribution < -0.4 is 0 Å². The molecule has 1 nitrogen and oxygen atoms in total. The summed E-state index contributed by atoms with van der Waals surface area (Å²) in [5.74, 6) is 0. The van der Waals surface area contributed by atoms with E-state index in [0.29, 0.717) is 23.2 Å². The van der Waals surface area contributed by atoms with E-state index in [2.05, 4.69) is 4.99 Å². The molecule has 0 saturated heterocycles. The number of nitrogens with zero attached hydrogens (tertiary/aromatic N) is 1. The first kappa shape index (κ1) is 12.2. The molecule has 1 aliphatic heterocycles. The van der Waals surface area contributed by atoms with Crippen molar-refractivity contribution in [2.45, 2.75) is 26.4 Å². The van der Waals surface area contributed by atoms with Crippen LogP contribution in [0, 0.1) is 6.92 Å². The molecule has 0 saturated carbocycles. The highest BCUT2D eigenvalue weighted by Gasteiger charge is 2.38. The van der Waals surface area contributed by atoms with Crippen molar-refractivity contribution >= 4 is 17.0 Å². The molecular formula is C15H12F3N. The lowest BCUT2D eigenvalue weighted by molar-refractivity contribution is -0.137. The Hall–Kier alpha value is -1.84. The molecule has 0 aromatic heterocycles. The number of hydrogen-bond acceptors (Lipinski definition) is 1. The molecule has 0 N–H and O–H groups in total. The fourth-order valence-electron chi connectivity index (χ4n) is 2.57. The molecule has 1 heterocycles. The molecule has 0 radical (unpaired) electrons. The van der Waals surface area contributed by atoms with Gasteiger partial charge in [-0.2, -0.15) is 13.2 Å². The fraction of sp³-hybridized carbons (Fsp3) is 0.267. The standard InChI is InChI=1S/C15H12F3N/c1-8-3-4-12-10(5-8)14-11(15(16,17)18)6-9(2)7-13(14)19-12/h3,5-7H,4H2,1-2H3. The van der Waals surface area contributed by atoms with E-state index in [1.807, 2.05) is 13.0 Å². The first-order valence-electron chi connectivity index (χ1n) is 6.05. The van der Waals surface area contributed by atoms with Gasteiger partial charge in [0, 0.05) is 17.6 Å². The number of aryl methyl sites for hydroxylation is 1. The molecule has 0 amide bonds. The number of fused-ring (bicyclic) bond motifs is 3. The number of alkyl halides is 3. The largest absolute Gasteiger partial charge is 0.417 e. The summed E-state index contributed by atoms with van der Waals surface area (Å²) >= 11 is 0. The van der Waals surface area contributed by atoms with Gasteiger partial charge in [0.25, 0.3) is 0 Å². The quantitative estimate of drug-likeness (QED) is 0.635. The minimum absolute atomic E-state index is 0.237. The van der Waals surface area contributed by atoms with Crippen LogP contribution in [-0.4, -0.2) is 5.71 Å². The highest BCUT2D eigenvalue weighted by atomic mass is 19.4. The summed E-state index contributed by atoms with van der Waals surface area (Å²) in [4.78, 5) is 4.35. The van der Waals surface area contributed by atoms with Gasteiger partial charge in [-0.1, -0.05) is 11.6 Å². The average Bonchev–Trinajstić information content (AvgIpc) is 2.64. The van der Waals surface area contributed by atoms with Crippen LogP contribution in [0.1, 0.15) is 30.0 Å². The lowest BCUT2D eigenvalue weighted by Gasteiger charge is -2.16. The van der Waals surface area contributed by atoms with Gasteiger partial charge >= 0.3 is 6.18 Å². The summed E-state index contributed by atoms with van der Waals surface area (Å²) in [5, 5.41) is 0. The number of benzene rings is 1. The summed E-state index contributed by atoms with van der Waals surface area (Å²) in [6, 6.07) is 2.91. The summed E-state index contributed by atoms with van der Waals surface area (Å²) < 4.78 is 39.6. The van der Waals surface area contributed by atoms with Gasteiger partial charge in [-0.25, -0.2) is 0 Å². The third kappa shape index (κ3) is 1.91. The van der Waals surface area contributed by atoms with Crippen LogP contribution in [0.3, 0.4) is 0 Å². The highest BCUT2D eigenvalue weighted by molar-refractivity contribution is 6.30. The van der Waals surface area contributed by atoms with Crippen molar-refractivity contribution in [3.8, 4) is 0 Å². The Morgan fingerprint density at radius 2 is 1.89 bits per heavy atom. The average molecular weight is 263 g/mol. The topological polar surface area (TPSA) is 12.4 Å². The first-order chi connectivity index (χ1) is 8.86. The van der Waals surface area contributed by atoms with Crippen molar-refractivity contribution < 1.29 is 13.2 Å². The normalized spacial score (nSPS) is 17.4. The molecule has 0 spiro atoms. The Balaban J connectivity index is 2.28. The van der Waals surface area contributed by atoms with Crippen molar-refractivity contribution in [3.05, 3.63) is 46.5 Å².